The van der Waals surface area contributed by atoms with Crippen LogP contribution >= 0.6 is 11.3 Å². The van der Waals surface area contributed by atoms with Gasteiger partial charge in [0.25, 0.3) is 11.8 Å². The van der Waals surface area contributed by atoms with Crippen LogP contribution in [0.25, 0.3) is 0 Å². The van der Waals surface area contributed by atoms with E-state index in [1.165, 1.54) is 23.2 Å². The zero-order valence-corrected chi connectivity index (χ0v) is 16.4. The Labute approximate surface area is 162 Å². The first-order valence-electron chi connectivity index (χ1n) is 8.83. The second-order valence-electron chi connectivity index (χ2n) is 6.34. The summed E-state index contributed by atoms with van der Waals surface area (Å²) >= 11 is 1.25. The molecule has 5 nitrogen and oxygen atoms in total. The van der Waals surface area contributed by atoms with Gasteiger partial charge >= 0.3 is 0 Å². The van der Waals surface area contributed by atoms with Gasteiger partial charge in [-0.3, -0.25) is 9.59 Å². The van der Waals surface area contributed by atoms with Crippen molar-refractivity contribution in [1.82, 2.24) is 5.32 Å². The van der Waals surface area contributed by atoms with Crippen LogP contribution < -0.4 is 10.6 Å². The predicted octanol–water partition coefficient (Wildman–Crippen LogP) is 4.96. The van der Waals surface area contributed by atoms with E-state index in [9.17, 15) is 9.59 Å². The third-order valence-electron chi connectivity index (χ3n) is 4.34. The lowest BCUT2D eigenvalue weighted by Gasteiger charge is -2.14. The Bertz CT molecular complexity index is 927. The van der Waals surface area contributed by atoms with Crippen molar-refractivity contribution in [1.29, 1.82) is 0 Å². The van der Waals surface area contributed by atoms with Crippen LogP contribution in [0.3, 0.4) is 0 Å². The summed E-state index contributed by atoms with van der Waals surface area (Å²) in [5.41, 5.74) is 3.14. The summed E-state index contributed by atoms with van der Waals surface area (Å²) in [5.74, 6) is -0.253. The molecule has 0 bridgehead atoms. The molecule has 1 aromatic carbocycles. The highest BCUT2D eigenvalue weighted by atomic mass is 32.1. The van der Waals surface area contributed by atoms with Crippen LogP contribution in [0.5, 0.6) is 0 Å². The zero-order chi connectivity index (χ0) is 19.4. The Balaban J connectivity index is 1.67. The Kier molecular flexibility index (Phi) is 5.76. The van der Waals surface area contributed by atoms with Gasteiger partial charge in [-0.15, -0.1) is 11.3 Å². The molecule has 2 aromatic heterocycles. The molecule has 1 unspecified atom stereocenters. The van der Waals surface area contributed by atoms with Crippen LogP contribution in [0.1, 0.15) is 56.8 Å². The second kappa shape index (κ2) is 8.22. The van der Waals surface area contributed by atoms with Crippen LogP contribution in [0.15, 0.2) is 53.1 Å². The first-order valence-corrected chi connectivity index (χ1v) is 9.64. The molecule has 2 amide bonds. The standard InChI is InChI=1S/C21H22N2O3S/c1-4-15-7-9-16(10-8-15)14(3)22-21(25)19-13(2)12-18(27-19)23-20(24)17-6-5-11-26-17/h5-12,14H,4H2,1-3H3,(H,22,25)(H,23,24). The van der Waals surface area contributed by atoms with Gasteiger partial charge in [-0.25, -0.2) is 0 Å². The van der Waals surface area contributed by atoms with E-state index in [0.717, 1.165) is 17.5 Å². The van der Waals surface area contributed by atoms with Gasteiger partial charge in [0.2, 0.25) is 0 Å². The number of furan rings is 1. The van der Waals surface area contributed by atoms with Crippen LogP contribution in [0, 0.1) is 6.92 Å². The SMILES string of the molecule is CCc1ccc(C(C)NC(=O)c2sc(NC(=O)c3ccco3)cc2C)cc1. The van der Waals surface area contributed by atoms with Crippen molar-refractivity contribution in [3.63, 3.8) is 0 Å². The number of nitrogens with one attached hydrogen (secondary N) is 2. The maximum absolute atomic E-state index is 12.7. The van der Waals surface area contributed by atoms with Crippen molar-refractivity contribution < 1.29 is 14.0 Å². The van der Waals surface area contributed by atoms with Gasteiger partial charge in [0.15, 0.2) is 5.76 Å². The molecule has 1 atom stereocenters. The van der Waals surface area contributed by atoms with E-state index < -0.39 is 0 Å². The number of carbonyl (C=O) groups is 2. The molecule has 27 heavy (non-hydrogen) atoms. The average molecular weight is 382 g/mol. The number of amides is 2. The summed E-state index contributed by atoms with van der Waals surface area (Å²) in [6, 6.07) is 13.2. The molecule has 3 aromatic rings. The first-order chi connectivity index (χ1) is 13.0. The maximum atomic E-state index is 12.7. The first kappa shape index (κ1) is 18.9. The number of aryl methyl sites for hydroxylation is 2. The smallest absolute Gasteiger partial charge is 0.291 e. The van der Waals surface area contributed by atoms with Crippen molar-refractivity contribution >= 4 is 28.2 Å². The molecule has 140 valence electrons. The fraction of sp³-hybridized carbons (Fsp3) is 0.238. The molecule has 0 aliphatic carbocycles. The van der Waals surface area contributed by atoms with Crippen molar-refractivity contribution in [2.75, 3.05) is 5.32 Å². The molecule has 2 N–H and O–H groups in total. The summed E-state index contributed by atoms with van der Waals surface area (Å²) in [6.45, 7) is 5.93. The maximum Gasteiger partial charge on any atom is 0.291 e. The normalized spacial score (nSPS) is 11.8. The van der Waals surface area contributed by atoms with Crippen molar-refractivity contribution in [2.45, 2.75) is 33.2 Å². The topological polar surface area (TPSA) is 71.3 Å². The minimum absolute atomic E-state index is 0.105. The van der Waals surface area contributed by atoms with E-state index in [4.69, 9.17) is 4.42 Å². The Morgan fingerprint density at radius 3 is 2.52 bits per heavy atom. The third kappa shape index (κ3) is 4.46. The molecule has 0 spiro atoms. The van der Waals surface area contributed by atoms with Gasteiger partial charge in [0, 0.05) is 0 Å². The molecule has 0 fully saturated rings. The average Bonchev–Trinajstić information content (AvgIpc) is 3.31. The zero-order valence-electron chi connectivity index (χ0n) is 15.5. The van der Waals surface area contributed by atoms with Crippen molar-refractivity contribution in [3.05, 3.63) is 76.1 Å². The van der Waals surface area contributed by atoms with Gasteiger partial charge in [0.1, 0.15) is 0 Å². The fourth-order valence-electron chi connectivity index (χ4n) is 2.74. The van der Waals surface area contributed by atoms with Gasteiger partial charge in [-0.2, -0.15) is 0 Å². The van der Waals surface area contributed by atoms with E-state index in [1.54, 1.807) is 18.2 Å². The molecule has 6 heteroatoms. The molecular formula is C21H22N2O3S. The monoisotopic (exact) mass is 382 g/mol. The predicted molar refractivity (Wildman–Crippen MR) is 107 cm³/mol. The number of benzene rings is 1. The fourth-order valence-corrected chi connectivity index (χ4v) is 3.71. The van der Waals surface area contributed by atoms with E-state index in [0.29, 0.717) is 9.88 Å². The number of carbonyl (C=O) groups excluding carboxylic acids is 2. The van der Waals surface area contributed by atoms with Crippen LogP contribution in [0.4, 0.5) is 5.00 Å². The van der Waals surface area contributed by atoms with Crippen molar-refractivity contribution in [3.8, 4) is 0 Å². The molecule has 0 radical (unpaired) electrons. The van der Waals surface area contributed by atoms with Gasteiger partial charge in [-0.05, 0) is 55.2 Å². The van der Waals surface area contributed by atoms with Gasteiger partial charge < -0.3 is 15.1 Å². The van der Waals surface area contributed by atoms with E-state index >= 15 is 0 Å². The molecule has 0 aliphatic heterocycles. The van der Waals surface area contributed by atoms with Crippen LogP contribution in [-0.4, -0.2) is 11.8 Å². The minimum atomic E-state index is -0.336. The largest absolute Gasteiger partial charge is 0.459 e. The Morgan fingerprint density at radius 1 is 1.15 bits per heavy atom. The second-order valence-corrected chi connectivity index (χ2v) is 7.40. The van der Waals surface area contributed by atoms with Crippen molar-refractivity contribution in [2.24, 2.45) is 0 Å². The lowest BCUT2D eigenvalue weighted by atomic mass is 10.0. The number of hydrogen-bond donors (Lipinski definition) is 2. The van der Waals surface area contributed by atoms with Gasteiger partial charge in [0.05, 0.1) is 22.2 Å². The lowest BCUT2D eigenvalue weighted by molar-refractivity contribution is 0.0942. The summed E-state index contributed by atoms with van der Waals surface area (Å²) in [5, 5.41) is 6.40. The quantitative estimate of drug-likeness (QED) is 0.633. The summed E-state index contributed by atoms with van der Waals surface area (Å²) in [7, 11) is 0. The molecule has 0 aliphatic rings. The highest BCUT2D eigenvalue weighted by molar-refractivity contribution is 7.18. The Morgan fingerprint density at radius 2 is 1.89 bits per heavy atom. The molecule has 0 saturated carbocycles. The van der Waals surface area contributed by atoms with Gasteiger partial charge in [-0.1, -0.05) is 31.2 Å². The van der Waals surface area contributed by atoms with Crippen LogP contribution in [0.2, 0.25) is 0 Å². The summed E-state index contributed by atoms with van der Waals surface area (Å²) in [6.07, 6.45) is 2.43. The lowest BCUT2D eigenvalue weighted by Crippen LogP contribution is -2.26. The highest BCUT2D eigenvalue weighted by Crippen LogP contribution is 2.28. The van der Waals surface area contributed by atoms with E-state index in [2.05, 4.69) is 29.7 Å². The van der Waals surface area contributed by atoms with E-state index in [1.807, 2.05) is 26.0 Å². The molecule has 3 rings (SSSR count). The Hall–Kier alpha value is -2.86. The number of anilines is 1. The van der Waals surface area contributed by atoms with E-state index in [-0.39, 0.29) is 23.6 Å². The third-order valence-corrected chi connectivity index (χ3v) is 5.49. The highest BCUT2D eigenvalue weighted by Gasteiger charge is 2.18. The summed E-state index contributed by atoms with van der Waals surface area (Å²) < 4.78 is 5.08. The molecular weight excluding hydrogens is 360 g/mol. The molecule has 2 heterocycles. The van der Waals surface area contributed by atoms with Crippen LogP contribution in [-0.2, 0) is 6.42 Å². The number of hydrogen-bond acceptors (Lipinski definition) is 4. The summed E-state index contributed by atoms with van der Waals surface area (Å²) in [4.78, 5) is 25.3. The number of rotatable bonds is 6. The minimum Gasteiger partial charge on any atom is -0.459 e. The molecule has 0 saturated heterocycles. The number of thiophene rings is 1.